The highest BCUT2D eigenvalue weighted by Crippen LogP contribution is 2.17. The zero-order valence-electron chi connectivity index (χ0n) is 8.35. The first kappa shape index (κ1) is 11.2. The molecule has 0 aliphatic rings. The van der Waals surface area contributed by atoms with Crippen molar-refractivity contribution >= 4 is 0 Å². The van der Waals surface area contributed by atoms with Gasteiger partial charge in [0, 0.05) is 6.04 Å². The Balaban J connectivity index is 2.60. The minimum absolute atomic E-state index is 0.0943. The number of rotatable bonds is 4. The molecular weight excluding hydrogens is 178 g/mol. The third-order valence-electron chi connectivity index (χ3n) is 2.22. The molecule has 0 amide bonds. The first-order valence-corrected chi connectivity index (χ1v) is 4.74. The molecule has 0 heterocycles. The first-order chi connectivity index (χ1) is 6.63. The summed E-state index contributed by atoms with van der Waals surface area (Å²) in [6.45, 7) is 1.90. The highest BCUT2D eigenvalue weighted by Gasteiger charge is 2.11. The minimum atomic E-state index is -0.585. The molecule has 14 heavy (non-hydrogen) atoms. The molecule has 0 aliphatic carbocycles. The summed E-state index contributed by atoms with van der Waals surface area (Å²) in [6, 6.07) is 7.30. The van der Waals surface area contributed by atoms with Crippen LogP contribution in [0.5, 0.6) is 0 Å². The molecule has 0 unspecified atom stereocenters. The second kappa shape index (κ2) is 5.10. The van der Waals surface area contributed by atoms with Gasteiger partial charge in [0.2, 0.25) is 0 Å². The lowest BCUT2D eigenvalue weighted by atomic mass is 10.0. The van der Waals surface area contributed by atoms with E-state index in [4.69, 9.17) is 10.8 Å². The quantitative estimate of drug-likeness (QED) is 0.663. The topological polar surface area (TPSA) is 66.5 Å². The summed E-state index contributed by atoms with van der Waals surface area (Å²) in [7, 11) is 0. The maximum Gasteiger partial charge on any atom is 0.0805 e. The average Bonchev–Trinajstić information content (AvgIpc) is 2.18. The molecule has 0 fully saturated rings. The zero-order chi connectivity index (χ0) is 10.6. The smallest absolute Gasteiger partial charge is 0.0805 e. The van der Waals surface area contributed by atoms with Crippen LogP contribution in [0.4, 0.5) is 0 Å². The van der Waals surface area contributed by atoms with E-state index in [0.29, 0.717) is 6.42 Å². The van der Waals surface area contributed by atoms with Crippen molar-refractivity contribution in [2.24, 2.45) is 5.73 Å². The van der Waals surface area contributed by atoms with Gasteiger partial charge >= 0.3 is 0 Å². The maximum absolute atomic E-state index is 9.72. The number of hydrogen-bond donors (Lipinski definition) is 3. The monoisotopic (exact) mass is 195 g/mol. The standard InChI is InChI=1S/C11H17NO2/c1-8-2-4-9(5-3-8)11(14)6-10(12)7-13/h2-5,10-11,13-14H,6-7,12H2,1H3/t10-,11-/m1/s1. The summed E-state index contributed by atoms with van der Waals surface area (Å²) < 4.78 is 0. The number of hydrogen-bond acceptors (Lipinski definition) is 3. The van der Waals surface area contributed by atoms with Crippen LogP contribution in [0.15, 0.2) is 24.3 Å². The van der Waals surface area contributed by atoms with E-state index in [1.54, 1.807) is 0 Å². The Morgan fingerprint density at radius 2 is 1.86 bits per heavy atom. The van der Waals surface area contributed by atoms with Gasteiger partial charge in [0.1, 0.15) is 0 Å². The fourth-order valence-corrected chi connectivity index (χ4v) is 1.29. The highest BCUT2D eigenvalue weighted by molar-refractivity contribution is 5.23. The molecule has 4 N–H and O–H groups in total. The van der Waals surface area contributed by atoms with E-state index in [1.165, 1.54) is 0 Å². The lowest BCUT2D eigenvalue weighted by molar-refractivity contribution is 0.140. The molecule has 2 atom stereocenters. The molecule has 3 heteroatoms. The number of aryl methyl sites for hydroxylation is 1. The van der Waals surface area contributed by atoms with Crippen LogP contribution in [0, 0.1) is 6.92 Å². The third-order valence-corrected chi connectivity index (χ3v) is 2.22. The van der Waals surface area contributed by atoms with Crippen LogP contribution in [0.3, 0.4) is 0 Å². The van der Waals surface area contributed by atoms with Crippen LogP contribution < -0.4 is 5.73 Å². The van der Waals surface area contributed by atoms with Crippen LogP contribution in [0.2, 0.25) is 0 Å². The fraction of sp³-hybridized carbons (Fsp3) is 0.455. The summed E-state index contributed by atoms with van der Waals surface area (Å²) in [5.41, 5.74) is 7.54. The van der Waals surface area contributed by atoms with E-state index in [2.05, 4.69) is 0 Å². The predicted octanol–water partition coefficient (Wildman–Crippen LogP) is 0.738. The number of aliphatic hydroxyl groups is 2. The van der Waals surface area contributed by atoms with Crippen LogP contribution in [0.1, 0.15) is 23.7 Å². The van der Waals surface area contributed by atoms with Crippen molar-refractivity contribution in [1.82, 2.24) is 0 Å². The summed E-state index contributed by atoms with van der Waals surface area (Å²) >= 11 is 0. The molecule has 1 rings (SSSR count). The summed E-state index contributed by atoms with van der Waals surface area (Å²) in [4.78, 5) is 0. The van der Waals surface area contributed by atoms with Gasteiger partial charge in [-0.1, -0.05) is 29.8 Å². The molecule has 1 aromatic carbocycles. The largest absolute Gasteiger partial charge is 0.395 e. The first-order valence-electron chi connectivity index (χ1n) is 4.74. The van der Waals surface area contributed by atoms with E-state index < -0.39 is 6.10 Å². The van der Waals surface area contributed by atoms with Gasteiger partial charge in [-0.05, 0) is 18.9 Å². The van der Waals surface area contributed by atoms with Gasteiger partial charge in [0.05, 0.1) is 12.7 Å². The van der Waals surface area contributed by atoms with E-state index in [9.17, 15) is 5.11 Å². The lowest BCUT2D eigenvalue weighted by Crippen LogP contribution is -2.26. The summed E-state index contributed by atoms with van der Waals surface area (Å²) in [6.07, 6.45) is -0.197. The van der Waals surface area contributed by atoms with E-state index in [0.717, 1.165) is 11.1 Å². The molecule has 0 aromatic heterocycles. The number of nitrogens with two attached hydrogens (primary N) is 1. The van der Waals surface area contributed by atoms with Gasteiger partial charge < -0.3 is 15.9 Å². The molecule has 0 saturated heterocycles. The molecule has 0 bridgehead atoms. The normalized spacial score (nSPS) is 15.1. The maximum atomic E-state index is 9.72. The molecule has 0 saturated carbocycles. The van der Waals surface area contributed by atoms with Crippen molar-refractivity contribution in [2.45, 2.75) is 25.5 Å². The van der Waals surface area contributed by atoms with Gasteiger partial charge in [0.25, 0.3) is 0 Å². The van der Waals surface area contributed by atoms with Crippen molar-refractivity contribution in [1.29, 1.82) is 0 Å². The number of benzene rings is 1. The minimum Gasteiger partial charge on any atom is -0.395 e. The molecule has 0 radical (unpaired) electrons. The summed E-state index contributed by atoms with van der Waals surface area (Å²) in [5, 5.41) is 18.5. The van der Waals surface area contributed by atoms with Crippen LogP contribution in [0.25, 0.3) is 0 Å². The van der Waals surface area contributed by atoms with E-state index >= 15 is 0 Å². The van der Waals surface area contributed by atoms with Crippen molar-refractivity contribution in [3.05, 3.63) is 35.4 Å². The van der Waals surface area contributed by atoms with E-state index in [1.807, 2.05) is 31.2 Å². The molecule has 3 nitrogen and oxygen atoms in total. The SMILES string of the molecule is Cc1ccc([C@H](O)C[C@@H](N)CO)cc1. The Labute approximate surface area is 84.2 Å². The van der Waals surface area contributed by atoms with Gasteiger partial charge in [0.15, 0.2) is 0 Å². The molecule has 78 valence electrons. The average molecular weight is 195 g/mol. The lowest BCUT2D eigenvalue weighted by Gasteiger charge is -2.14. The van der Waals surface area contributed by atoms with Crippen LogP contribution in [-0.2, 0) is 0 Å². The van der Waals surface area contributed by atoms with Crippen molar-refractivity contribution in [3.8, 4) is 0 Å². The van der Waals surface area contributed by atoms with Gasteiger partial charge in [-0.25, -0.2) is 0 Å². The van der Waals surface area contributed by atoms with E-state index in [-0.39, 0.29) is 12.6 Å². The number of aliphatic hydroxyl groups excluding tert-OH is 2. The predicted molar refractivity (Wildman–Crippen MR) is 55.8 cm³/mol. The Morgan fingerprint density at radius 3 is 2.36 bits per heavy atom. The second-order valence-electron chi connectivity index (χ2n) is 3.60. The fourth-order valence-electron chi connectivity index (χ4n) is 1.29. The Morgan fingerprint density at radius 1 is 1.29 bits per heavy atom. The molecule has 0 spiro atoms. The third kappa shape index (κ3) is 3.10. The Bertz CT molecular complexity index is 271. The molecular formula is C11H17NO2. The van der Waals surface area contributed by atoms with Crippen molar-refractivity contribution in [3.63, 3.8) is 0 Å². The molecule has 0 aliphatic heterocycles. The van der Waals surface area contributed by atoms with Gasteiger partial charge in [-0.15, -0.1) is 0 Å². The summed E-state index contributed by atoms with van der Waals surface area (Å²) in [5.74, 6) is 0. The van der Waals surface area contributed by atoms with Crippen LogP contribution in [-0.4, -0.2) is 22.9 Å². The van der Waals surface area contributed by atoms with Crippen molar-refractivity contribution in [2.75, 3.05) is 6.61 Å². The van der Waals surface area contributed by atoms with Gasteiger partial charge in [-0.2, -0.15) is 0 Å². The zero-order valence-corrected chi connectivity index (χ0v) is 8.35. The Hall–Kier alpha value is -0.900. The second-order valence-corrected chi connectivity index (χ2v) is 3.60. The molecule has 1 aromatic rings. The van der Waals surface area contributed by atoms with Crippen LogP contribution >= 0.6 is 0 Å². The Kier molecular flexibility index (Phi) is 4.07. The van der Waals surface area contributed by atoms with Gasteiger partial charge in [-0.3, -0.25) is 0 Å². The highest BCUT2D eigenvalue weighted by atomic mass is 16.3. The van der Waals surface area contributed by atoms with Crippen molar-refractivity contribution < 1.29 is 10.2 Å².